The standard InChI is InChI=1S/C33H26FNO5S2/c34-27-14-11-23(12-15-27)17-18-39-28-16-13-24(20-30-32(37)35(21-38-22-36)33(41)42-30)19-29(28)40-31(25-7-3-1-4-8-25)26-9-5-2-6-10-26/h1-16,19-20,22,31H,17-18,21H2/b30-20-. The number of amides is 1. The van der Waals surface area contributed by atoms with E-state index in [1.54, 1.807) is 24.3 Å². The van der Waals surface area contributed by atoms with Gasteiger partial charge in [-0.1, -0.05) is 103 Å². The summed E-state index contributed by atoms with van der Waals surface area (Å²) in [5, 5.41) is 0. The first-order valence-corrected chi connectivity index (χ1v) is 14.3. The number of thiocarbonyl (C=S) groups is 1. The average molecular weight is 600 g/mol. The molecule has 0 N–H and O–H groups in total. The van der Waals surface area contributed by atoms with Crippen LogP contribution in [0.4, 0.5) is 4.39 Å². The summed E-state index contributed by atoms with van der Waals surface area (Å²) >= 11 is 6.43. The third-order valence-electron chi connectivity index (χ3n) is 6.42. The summed E-state index contributed by atoms with van der Waals surface area (Å²) < 4.78 is 31.2. The van der Waals surface area contributed by atoms with Gasteiger partial charge in [0.15, 0.2) is 22.6 Å². The van der Waals surface area contributed by atoms with Crippen LogP contribution in [0.3, 0.4) is 0 Å². The van der Waals surface area contributed by atoms with Gasteiger partial charge in [0.25, 0.3) is 12.4 Å². The molecule has 4 aromatic carbocycles. The maximum absolute atomic E-state index is 13.3. The molecule has 0 radical (unpaired) electrons. The first-order chi connectivity index (χ1) is 20.5. The van der Waals surface area contributed by atoms with Gasteiger partial charge in [0.2, 0.25) is 0 Å². The monoisotopic (exact) mass is 599 g/mol. The van der Waals surface area contributed by atoms with E-state index in [1.165, 1.54) is 17.0 Å². The van der Waals surface area contributed by atoms with E-state index in [0.29, 0.717) is 39.3 Å². The number of rotatable bonds is 12. The van der Waals surface area contributed by atoms with Crippen molar-refractivity contribution in [2.24, 2.45) is 0 Å². The van der Waals surface area contributed by atoms with Crippen molar-refractivity contribution in [3.63, 3.8) is 0 Å². The number of ether oxygens (including phenoxy) is 3. The van der Waals surface area contributed by atoms with Gasteiger partial charge in [-0.3, -0.25) is 14.5 Å². The molecule has 0 atom stereocenters. The minimum Gasteiger partial charge on any atom is -0.489 e. The smallest absolute Gasteiger partial charge is 0.294 e. The number of benzene rings is 4. The number of carbonyl (C=O) groups excluding carboxylic acids is 2. The summed E-state index contributed by atoms with van der Waals surface area (Å²) in [6.45, 7) is 0.380. The normalized spacial score (nSPS) is 14.0. The summed E-state index contributed by atoms with van der Waals surface area (Å²) in [6, 6.07) is 31.5. The molecule has 0 spiro atoms. The van der Waals surface area contributed by atoms with Gasteiger partial charge in [0.05, 0.1) is 11.5 Å². The van der Waals surface area contributed by atoms with Crippen LogP contribution in [0.2, 0.25) is 0 Å². The van der Waals surface area contributed by atoms with Crippen molar-refractivity contribution in [2.75, 3.05) is 13.3 Å². The molecule has 5 rings (SSSR count). The minimum absolute atomic E-state index is 0.240. The van der Waals surface area contributed by atoms with Gasteiger partial charge in [-0.25, -0.2) is 4.39 Å². The molecule has 6 nitrogen and oxygen atoms in total. The molecule has 4 aromatic rings. The lowest BCUT2D eigenvalue weighted by Gasteiger charge is -2.22. The molecular formula is C33H26FNO5S2. The van der Waals surface area contributed by atoms with E-state index >= 15 is 0 Å². The molecule has 0 bridgehead atoms. The van der Waals surface area contributed by atoms with E-state index in [-0.39, 0.29) is 24.9 Å². The Morgan fingerprint density at radius 2 is 1.55 bits per heavy atom. The van der Waals surface area contributed by atoms with Gasteiger partial charge in [-0.2, -0.15) is 0 Å². The Morgan fingerprint density at radius 3 is 2.19 bits per heavy atom. The van der Waals surface area contributed by atoms with Crippen LogP contribution >= 0.6 is 24.0 Å². The quantitative estimate of drug-likeness (QED) is 0.0992. The fourth-order valence-electron chi connectivity index (χ4n) is 4.33. The van der Waals surface area contributed by atoms with Crippen molar-refractivity contribution < 1.29 is 28.2 Å². The largest absolute Gasteiger partial charge is 0.489 e. The maximum atomic E-state index is 13.3. The molecule has 1 amide bonds. The van der Waals surface area contributed by atoms with E-state index in [9.17, 15) is 14.0 Å². The van der Waals surface area contributed by atoms with Crippen molar-refractivity contribution in [2.45, 2.75) is 12.5 Å². The van der Waals surface area contributed by atoms with Crippen LogP contribution in [0, 0.1) is 5.82 Å². The van der Waals surface area contributed by atoms with Crippen LogP contribution in [-0.2, 0) is 20.7 Å². The highest BCUT2D eigenvalue weighted by Gasteiger charge is 2.32. The molecule has 1 aliphatic rings. The molecule has 42 heavy (non-hydrogen) atoms. The summed E-state index contributed by atoms with van der Waals surface area (Å²) in [4.78, 5) is 25.1. The Hall–Kier alpha value is -4.47. The predicted molar refractivity (Wildman–Crippen MR) is 164 cm³/mol. The van der Waals surface area contributed by atoms with Crippen molar-refractivity contribution in [1.29, 1.82) is 0 Å². The zero-order valence-electron chi connectivity index (χ0n) is 22.4. The zero-order chi connectivity index (χ0) is 29.3. The van der Waals surface area contributed by atoms with Crippen LogP contribution in [0.15, 0.2) is 108 Å². The molecule has 0 unspecified atom stereocenters. The van der Waals surface area contributed by atoms with Crippen molar-refractivity contribution in [3.05, 3.63) is 136 Å². The second kappa shape index (κ2) is 13.9. The first kappa shape index (κ1) is 29.0. The SMILES string of the molecule is O=COCN1C(=O)/C(=C/c2ccc(OCCc3ccc(F)cc3)c(OC(c3ccccc3)c3ccccc3)c2)SC1=S. The van der Waals surface area contributed by atoms with Crippen LogP contribution in [0.25, 0.3) is 6.08 Å². The fraction of sp³-hybridized carbons (Fsp3) is 0.121. The molecule has 1 aliphatic heterocycles. The Kier molecular flexibility index (Phi) is 9.63. The van der Waals surface area contributed by atoms with Crippen LogP contribution < -0.4 is 9.47 Å². The second-order valence-electron chi connectivity index (χ2n) is 9.25. The molecule has 212 valence electrons. The number of thioether (sulfide) groups is 1. The lowest BCUT2D eigenvalue weighted by molar-refractivity contribution is -0.135. The molecule has 0 saturated carbocycles. The highest BCUT2D eigenvalue weighted by Crippen LogP contribution is 2.38. The number of nitrogens with zero attached hydrogens (tertiary/aromatic N) is 1. The maximum Gasteiger partial charge on any atom is 0.294 e. The zero-order valence-corrected chi connectivity index (χ0v) is 24.0. The van der Waals surface area contributed by atoms with Gasteiger partial charge in [0.1, 0.15) is 11.9 Å². The first-order valence-electron chi connectivity index (χ1n) is 13.1. The van der Waals surface area contributed by atoms with E-state index in [0.717, 1.165) is 28.5 Å². The summed E-state index contributed by atoms with van der Waals surface area (Å²) in [5.41, 5.74) is 3.57. The molecule has 1 fully saturated rings. The molecule has 9 heteroatoms. The molecule has 1 heterocycles. The third-order valence-corrected chi connectivity index (χ3v) is 7.80. The minimum atomic E-state index is -0.430. The highest BCUT2D eigenvalue weighted by molar-refractivity contribution is 8.26. The number of hydrogen-bond donors (Lipinski definition) is 0. The van der Waals surface area contributed by atoms with Gasteiger partial charge in [-0.15, -0.1) is 0 Å². The Balaban J connectivity index is 1.46. The van der Waals surface area contributed by atoms with Gasteiger partial charge >= 0.3 is 0 Å². The topological polar surface area (TPSA) is 65.1 Å². The summed E-state index contributed by atoms with van der Waals surface area (Å²) in [7, 11) is 0. The fourth-order valence-corrected chi connectivity index (χ4v) is 5.57. The third kappa shape index (κ3) is 7.23. The van der Waals surface area contributed by atoms with E-state index < -0.39 is 6.10 Å². The Bertz CT molecular complexity index is 1540. The lowest BCUT2D eigenvalue weighted by atomic mass is 10.0. The van der Waals surface area contributed by atoms with Crippen LogP contribution in [0.1, 0.15) is 28.4 Å². The Morgan fingerprint density at radius 1 is 0.881 bits per heavy atom. The highest BCUT2D eigenvalue weighted by atomic mass is 32.2. The van der Waals surface area contributed by atoms with Crippen molar-refractivity contribution in [1.82, 2.24) is 4.90 Å². The van der Waals surface area contributed by atoms with Gasteiger partial charge < -0.3 is 14.2 Å². The molecule has 0 aromatic heterocycles. The number of carbonyl (C=O) groups is 2. The summed E-state index contributed by atoms with van der Waals surface area (Å²) in [6.07, 6.45) is 1.86. The van der Waals surface area contributed by atoms with Crippen molar-refractivity contribution >= 4 is 46.8 Å². The summed E-state index contributed by atoms with van der Waals surface area (Å²) in [5.74, 6) is 0.380. The van der Waals surface area contributed by atoms with Gasteiger partial charge in [0, 0.05) is 6.42 Å². The van der Waals surface area contributed by atoms with E-state index in [4.69, 9.17) is 26.4 Å². The van der Waals surface area contributed by atoms with Gasteiger partial charge in [-0.05, 0) is 52.6 Å². The Labute approximate surface area is 252 Å². The second-order valence-corrected chi connectivity index (χ2v) is 10.9. The van der Waals surface area contributed by atoms with E-state index in [2.05, 4.69) is 0 Å². The average Bonchev–Trinajstić information content (AvgIpc) is 3.28. The molecule has 1 saturated heterocycles. The number of halogens is 1. The van der Waals surface area contributed by atoms with Crippen LogP contribution in [0.5, 0.6) is 11.5 Å². The predicted octanol–water partition coefficient (Wildman–Crippen LogP) is 6.95. The molecule has 0 aliphatic carbocycles. The van der Waals surface area contributed by atoms with Crippen LogP contribution in [-0.4, -0.2) is 34.9 Å². The number of hydrogen-bond acceptors (Lipinski definition) is 7. The van der Waals surface area contributed by atoms with E-state index in [1.807, 2.05) is 72.8 Å². The lowest BCUT2D eigenvalue weighted by Crippen LogP contribution is -2.30. The van der Waals surface area contributed by atoms with Crippen molar-refractivity contribution in [3.8, 4) is 11.5 Å². The molecular weight excluding hydrogens is 573 g/mol.